The number of rotatable bonds is 14. The first-order chi connectivity index (χ1) is 9.24. The predicted molar refractivity (Wildman–Crippen MR) is 78.1 cm³/mol. The molecule has 0 aliphatic carbocycles. The largest absolute Gasteiger partial charge is 0.384 e. The first kappa shape index (κ1) is 19.1. The van der Waals surface area contributed by atoms with Crippen LogP contribution in [0.1, 0.15) is 0 Å². The van der Waals surface area contributed by atoms with Gasteiger partial charge in [-0.2, -0.15) is 11.8 Å². The van der Waals surface area contributed by atoms with E-state index >= 15 is 0 Å². The van der Waals surface area contributed by atoms with E-state index in [0.717, 1.165) is 12.4 Å². The minimum atomic E-state index is -0.252. The molecule has 0 aromatic rings. The normalized spacial score (nSPS) is 12.0. The third-order valence-electron chi connectivity index (χ3n) is 2.56. The second-order valence-electron chi connectivity index (χ2n) is 4.46. The minimum Gasteiger partial charge on any atom is -0.384 e. The molecule has 0 saturated carbocycles. The summed E-state index contributed by atoms with van der Waals surface area (Å²) in [6, 6.07) is 0. The third kappa shape index (κ3) is 9.65. The van der Waals surface area contributed by atoms with Gasteiger partial charge in [-0.1, -0.05) is 0 Å². The molecule has 0 aliphatic heterocycles. The van der Waals surface area contributed by atoms with Crippen LogP contribution in [-0.4, -0.2) is 79.6 Å². The first-order valence-electron chi connectivity index (χ1n) is 6.36. The van der Waals surface area contributed by atoms with E-state index in [1.165, 1.54) is 0 Å². The average Bonchev–Trinajstić information content (AvgIpc) is 2.39. The van der Waals surface area contributed by atoms with Gasteiger partial charge >= 0.3 is 0 Å². The fraction of sp³-hybridized carbons (Fsp3) is 1.00. The molecular formula is C13H28O5S. The number of hydrogen-bond donors (Lipinski definition) is 0. The van der Waals surface area contributed by atoms with Crippen LogP contribution in [0.5, 0.6) is 0 Å². The lowest BCUT2D eigenvalue weighted by atomic mass is 9.92. The van der Waals surface area contributed by atoms with Gasteiger partial charge in [0.25, 0.3) is 0 Å². The summed E-state index contributed by atoms with van der Waals surface area (Å²) < 4.78 is 26.8. The first-order valence-corrected chi connectivity index (χ1v) is 7.75. The Balaban J connectivity index is 3.89. The summed E-state index contributed by atoms with van der Waals surface area (Å²) >= 11 is 1.77. The van der Waals surface area contributed by atoms with Crippen LogP contribution in [0.25, 0.3) is 0 Å². The van der Waals surface area contributed by atoms with E-state index in [1.807, 2.05) is 0 Å². The summed E-state index contributed by atoms with van der Waals surface area (Å²) in [4.78, 5) is 0. The van der Waals surface area contributed by atoms with E-state index in [9.17, 15) is 0 Å². The highest BCUT2D eigenvalue weighted by Gasteiger charge is 2.31. The Hall–Kier alpha value is 0.150. The molecule has 0 rings (SSSR count). The van der Waals surface area contributed by atoms with E-state index < -0.39 is 0 Å². The molecule has 0 bridgehead atoms. The smallest absolute Gasteiger partial charge is 0.0700 e. The van der Waals surface area contributed by atoms with Gasteiger partial charge in [-0.05, 0) is 6.26 Å². The monoisotopic (exact) mass is 296 g/mol. The van der Waals surface area contributed by atoms with Crippen LogP contribution < -0.4 is 0 Å². The van der Waals surface area contributed by atoms with Crippen LogP contribution in [0, 0.1) is 5.41 Å². The van der Waals surface area contributed by atoms with Crippen LogP contribution >= 0.6 is 11.8 Å². The molecule has 0 aromatic carbocycles. The van der Waals surface area contributed by atoms with E-state index in [-0.39, 0.29) is 5.41 Å². The molecule has 0 spiro atoms. The van der Waals surface area contributed by atoms with Crippen LogP contribution in [-0.2, 0) is 23.7 Å². The molecule has 116 valence electrons. The Labute approximate surface area is 121 Å². The van der Waals surface area contributed by atoms with Gasteiger partial charge in [0, 0.05) is 27.1 Å². The van der Waals surface area contributed by atoms with Gasteiger partial charge in [0.15, 0.2) is 0 Å². The average molecular weight is 296 g/mol. The van der Waals surface area contributed by atoms with Crippen molar-refractivity contribution >= 4 is 11.8 Å². The highest BCUT2D eigenvalue weighted by atomic mass is 32.2. The quantitative estimate of drug-likeness (QED) is 0.450. The lowest BCUT2D eigenvalue weighted by molar-refractivity contribution is -0.0902. The minimum absolute atomic E-state index is 0.252. The van der Waals surface area contributed by atoms with Crippen LogP contribution in [0.4, 0.5) is 0 Å². The van der Waals surface area contributed by atoms with Crippen molar-refractivity contribution < 1.29 is 23.7 Å². The van der Waals surface area contributed by atoms with Crippen molar-refractivity contribution in [3.05, 3.63) is 0 Å². The standard InChI is InChI=1S/C13H28O5S/c1-14-9-13(10-15-2,11-16-3)12-18-6-5-17-7-8-19-4/h5-12H2,1-4H3. The maximum absolute atomic E-state index is 5.67. The Morgan fingerprint density at radius 3 is 1.74 bits per heavy atom. The summed E-state index contributed by atoms with van der Waals surface area (Å²) in [5.74, 6) is 1.01. The van der Waals surface area contributed by atoms with Crippen molar-refractivity contribution in [2.75, 3.05) is 79.6 Å². The van der Waals surface area contributed by atoms with Gasteiger partial charge < -0.3 is 23.7 Å². The molecule has 0 amide bonds. The van der Waals surface area contributed by atoms with Crippen molar-refractivity contribution in [3.63, 3.8) is 0 Å². The van der Waals surface area contributed by atoms with Gasteiger partial charge in [0.05, 0.1) is 51.7 Å². The molecule has 5 nitrogen and oxygen atoms in total. The maximum atomic E-state index is 5.67. The zero-order valence-electron chi connectivity index (χ0n) is 12.6. The molecule has 0 aromatic heterocycles. The third-order valence-corrected chi connectivity index (χ3v) is 3.14. The van der Waals surface area contributed by atoms with Crippen LogP contribution in [0.2, 0.25) is 0 Å². The van der Waals surface area contributed by atoms with E-state index in [4.69, 9.17) is 23.7 Å². The topological polar surface area (TPSA) is 46.2 Å². The lowest BCUT2D eigenvalue weighted by Gasteiger charge is -2.31. The van der Waals surface area contributed by atoms with Crippen LogP contribution in [0.15, 0.2) is 0 Å². The van der Waals surface area contributed by atoms with Crippen molar-refractivity contribution in [2.24, 2.45) is 5.41 Å². The number of thioether (sulfide) groups is 1. The highest BCUT2D eigenvalue weighted by Crippen LogP contribution is 2.19. The predicted octanol–water partition coefficient (Wildman–Crippen LogP) is 1.31. The molecule has 0 heterocycles. The molecule has 0 N–H and O–H groups in total. The molecule has 0 atom stereocenters. The molecule has 0 unspecified atom stereocenters. The van der Waals surface area contributed by atoms with Gasteiger partial charge in [-0.25, -0.2) is 0 Å². The molecule has 0 radical (unpaired) electrons. The Bertz CT molecular complexity index is 175. The summed E-state index contributed by atoms with van der Waals surface area (Å²) in [5.41, 5.74) is -0.252. The van der Waals surface area contributed by atoms with Crippen molar-refractivity contribution in [1.29, 1.82) is 0 Å². The fourth-order valence-electron chi connectivity index (χ4n) is 1.82. The molecule has 0 aliphatic rings. The van der Waals surface area contributed by atoms with Crippen molar-refractivity contribution in [1.82, 2.24) is 0 Å². The van der Waals surface area contributed by atoms with E-state index in [2.05, 4.69) is 6.26 Å². The van der Waals surface area contributed by atoms with Crippen molar-refractivity contribution in [2.45, 2.75) is 0 Å². The van der Waals surface area contributed by atoms with Crippen LogP contribution in [0.3, 0.4) is 0 Å². The van der Waals surface area contributed by atoms with E-state index in [1.54, 1.807) is 33.1 Å². The Morgan fingerprint density at radius 2 is 1.26 bits per heavy atom. The maximum Gasteiger partial charge on any atom is 0.0700 e. The van der Waals surface area contributed by atoms with E-state index in [0.29, 0.717) is 39.6 Å². The summed E-state index contributed by atoms with van der Waals surface area (Å²) in [5, 5.41) is 0. The van der Waals surface area contributed by atoms with Gasteiger partial charge in [0.2, 0.25) is 0 Å². The lowest BCUT2D eigenvalue weighted by Crippen LogP contribution is -2.41. The van der Waals surface area contributed by atoms with Gasteiger partial charge in [-0.15, -0.1) is 0 Å². The summed E-state index contributed by atoms with van der Waals surface area (Å²) in [6.07, 6.45) is 2.06. The second-order valence-corrected chi connectivity index (χ2v) is 5.44. The Kier molecular flexibility index (Phi) is 13.3. The zero-order valence-corrected chi connectivity index (χ0v) is 13.4. The SMILES string of the molecule is COCC(COC)(COC)COCCOCCSC. The highest BCUT2D eigenvalue weighted by molar-refractivity contribution is 7.98. The van der Waals surface area contributed by atoms with Gasteiger partial charge in [-0.3, -0.25) is 0 Å². The Morgan fingerprint density at radius 1 is 0.737 bits per heavy atom. The number of ether oxygens (including phenoxy) is 5. The molecular weight excluding hydrogens is 268 g/mol. The summed E-state index contributed by atoms with van der Waals surface area (Å²) in [6.45, 7) is 4.13. The van der Waals surface area contributed by atoms with Crippen molar-refractivity contribution in [3.8, 4) is 0 Å². The summed E-state index contributed by atoms with van der Waals surface area (Å²) in [7, 11) is 5.02. The molecule has 0 fully saturated rings. The zero-order chi connectivity index (χ0) is 14.4. The number of hydrogen-bond acceptors (Lipinski definition) is 6. The number of methoxy groups -OCH3 is 3. The van der Waals surface area contributed by atoms with Gasteiger partial charge in [0.1, 0.15) is 0 Å². The molecule has 19 heavy (non-hydrogen) atoms. The molecule has 6 heteroatoms. The fourth-order valence-corrected chi connectivity index (χ4v) is 2.10. The second kappa shape index (κ2) is 13.1. The molecule has 0 saturated heterocycles.